The first kappa shape index (κ1) is 15.0. The number of nitrogens with one attached hydrogen (secondary N) is 1. The number of nitrogens with zero attached hydrogens (tertiary/aromatic N) is 1. The fourth-order valence-corrected chi connectivity index (χ4v) is 2.52. The van der Waals surface area contributed by atoms with Gasteiger partial charge in [0.15, 0.2) is 0 Å². The first-order chi connectivity index (χ1) is 9.65. The van der Waals surface area contributed by atoms with Gasteiger partial charge in [0.25, 0.3) is 5.91 Å². The Labute approximate surface area is 120 Å². The third-order valence-corrected chi connectivity index (χ3v) is 3.73. The Balaban J connectivity index is 1.73. The van der Waals surface area contributed by atoms with E-state index in [9.17, 15) is 9.90 Å². The average Bonchev–Trinajstić information content (AvgIpc) is 2.46. The van der Waals surface area contributed by atoms with Crippen LogP contribution in [-0.4, -0.2) is 48.2 Å². The zero-order valence-corrected chi connectivity index (χ0v) is 12.1. The third-order valence-electron chi connectivity index (χ3n) is 3.73. The van der Waals surface area contributed by atoms with Crippen LogP contribution in [0.3, 0.4) is 0 Å². The van der Waals surface area contributed by atoms with E-state index in [2.05, 4.69) is 10.2 Å². The van der Waals surface area contributed by atoms with Crippen LogP contribution in [0.4, 0.5) is 0 Å². The Morgan fingerprint density at radius 1 is 1.25 bits per heavy atom. The van der Waals surface area contributed by atoms with Crippen molar-refractivity contribution in [2.45, 2.75) is 32.3 Å². The normalized spacial score (nSPS) is 17.7. The zero-order chi connectivity index (χ0) is 14.4. The van der Waals surface area contributed by atoms with E-state index in [4.69, 9.17) is 0 Å². The molecule has 2 N–H and O–H groups in total. The quantitative estimate of drug-likeness (QED) is 0.858. The van der Waals surface area contributed by atoms with Gasteiger partial charge in [-0.15, -0.1) is 0 Å². The number of carbonyl (C=O) groups excluding carboxylic acids is 1. The molecular weight excluding hydrogens is 252 g/mol. The molecule has 1 atom stereocenters. The highest BCUT2D eigenvalue weighted by atomic mass is 16.3. The van der Waals surface area contributed by atoms with E-state index < -0.39 is 6.10 Å². The van der Waals surface area contributed by atoms with Crippen molar-refractivity contribution in [1.82, 2.24) is 10.2 Å². The van der Waals surface area contributed by atoms with E-state index in [1.54, 1.807) is 0 Å². The van der Waals surface area contributed by atoms with Gasteiger partial charge in [0, 0.05) is 18.7 Å². The summed E-state index contributed by atoms with van der Waals surface area (Å²) in [6.45, 7) is 5.06. The van der Waals surface area contributed by atoms with E-state index in [1.807, 2.05) is 31.2 Å². The van der Waals surface area contributed by atoms with Crippen LogP contribution in [0.1, 0.15) is 35.2 Å². The molecule has 0 aliphatic carbocycles. The maximum atomic E-state index is 11.9. The lowest BCUT2D eigenvalue weighted by atomic mass is 10.1. The lowest BCUT2D eigenvalue weighted by molar-refractivity contribution is 0.0831. The van der Waals surface area contributed by atoms with Crippen molar-refractivity contribution in [1.29, 1.82) is 0 Å². The first-order valence-electron chi connectivity index (χ1n) is 7.40. The summed E-state index contributed by atoms with van der Waals surface area (Å²) in [4.78, 5) is 14.2. The van der Waals surface area contributed by atoms with Gasteiger partial charge in [-0.05, 0) is 45.0 Å². The van der Waals surface area contributed by atoms with Gasteiger partial charge in [-0.1, -0.05) is 24.1 Å². The highest BCUT2D eigenvalue weighted by Crippen LogP contribution is 2.08. The van der Waals surface area contributed by atoms with Crippen molar-refractivity contribution >= 4 is 5.91 Å². The molecule has 1 fully saturated rings. The van der Waals surface area contributed by atoms with Crippen LogP contribution >= 0.6 is 0 Å². The molecule has 1 unspecified atom stereocenters. The number of rotatable bonds is 5. The van der Waals surface area contributed by atoms with Gasteiger partial charge in [-0.2, -0.15) is 0 Å². The van der Waals surface area contributed by atoms with E-state index in [0.717, 1.165) is 18.7 Å². The van der Waals surface area contributed by atoms with Crippen LogP contribution in [-0.2, 0) is 0 Å². The number of amides is 1. The topological polar surface area (TPSA) is 52.6 Å². The summed E-state index contributed by atoms with van der Waals surface area (Å²) in [6, 6.07) is 7.45. The molecule has 1 heterocycles. The number of aliphatic hydroxyl groups excluding tert-OH is 1. The zero-order valence-electron chi connectivity index (χ0n) is 12.1. The van der Waals surface area contributed by atoms with Gasteiger partial charge in [-0.3, -0.25) is 4.79 Å². The summed E-state index contributed by atoms with van der Waals surface area (Å²) < 4.78 is 0. The second kappa shape index (κ2) is 7.41. The number of hydrogen-bond donors (Lipinski definition) is 2. The van der Waals surface area contributed by atoms with E-state index in [0.29, 0.717) is 18.7 Å². The summed E-state index contributed by atoms with van der Waals surface area (Å²) in [5.74, 6) is -0.123. The number of piperidine rings is 1. The van der Waals surface area contributed by atoms with E-state index >= 15 is 0 Å². The molecule has 0 bridgehead atoms. The first-order valence-corrected chi connectivity index (χ1v) is 7.40. The fraction of sp³-hybridized carbons (Fsp3) is 0.562. The van der Waals surface area contributed by atoms with Crippen LogP contribution in [0.25, 0.3) is 0 Å². The number of benzene rings is 1. The van der Waals surface area contributed by atoms with Gasteiger partial charge < -0.3 is 15.3 Å². The molecule has 1 aliphatic heterocycles. The van der Waals surface area contributed by atoms with Gasteiger partial charge in [-0.25, -0.2) is 0 Å². The Bertz CT molecular complexity index is 425. The maximum absolute atomic E-state index is 11.9. The Morgan fingerprint density at radius 3 is 2.55 bits per heavy atom. The number of aliphatic hydroxyl groups is 1. The van der Waals surface area contributed by atoms with Gasteiger partial charge in [0.05, 0.1) is 6.10 Å². The molecular formula is C16H24N2O2. The summed E-state index contributed by atoms with van der Waals surface area (Å²) in [6.07, 6.45) is 3.21. The van der Waals surface area contributed by atoms with Crippen LogP contribution in [0.2, 0.25) is 0 Å². The van der Waals surface area contributed by atoms with Crippen LogP contribution in [0.15, 0.2) is 24.3 Å². The average molecular weight is 276 g/mol. The smallest absolute Gasteiger partial charge is 0.251 e. The Hall–Kier alpha value is -1.39. The minimum Gasteiger partial charge on any atom is -0.390 e. The summed E-state index contributed by atoms with van der Waals surface area (Å²) >= 11 is 0. The van der Waals surface area contributed by atoms with Crippen LogP contribution in [0, 0.1) is 6.92 Å². The number of hydrogen-bond acceptors (Lipinski definition) is 3. The molecule has 2 rings (SSSR count). The van der Waals surface area contributed by atoms with Gasteiger partial charge >= 0.3 is 0 Å². The predicted octanol–water partition coefficient (Wildman–Crippen LogP) is 1.57. The fourth-order valence-electron chi connectivity index (χ4n) is 2.52. The summed E-state index contributed by atoms with van der Waals surface area (Å²) in [5.41, 5.74) is 1.77. The number of likely N-dealkylation sites (tertiary alicyclic amines) is 1. The highest BCUT2D eigenvalue weighted by Gasteiger charge is 2.15. The van der Waals surface area contributed by atoms with Gasteiger partial charge in [0.2, 0.25) is 0 Å². The monoisotopic (exact) mass is 276 g/mol. The van der Waals surface area contributed by atoms with Crippen molar-refractivity contribution in [2.24, 2.45) is 0 Å². The van der Waals surface area contributed by atoms with Gasteiger partial charge in [0.1, 0.15) is 0 Å². The molecule has 0 aromatic heterocycles. The second-order valence-electron chi connectivity index (χ2n) is 5.59. The molecule has 4 heteroatoms. The summed E-state index contributed by atoms with van der Waals surface area (Å²) in [7, 11) is 0. The van der Waals surface area contributed by atoms with Crippen molar-refractivity contribution < 1.29 is 9.90 Å². The largest absolute Gasteiger partial charge is 0.390 e. The Kier molecular flexibility index (Phi) is 5.56. The second-order valence-corrected chi connectivity index (χ2v) is 5.59. The predicted molar refractivity (Wildman–Crippen MR) is 79.8 cm³/mol. The number of carbonyl (C=O) groups is 1. The van der Waals surface area contributed by atoms with Crippen molar-refractivity contribution in [3.05, 3.63) is 35.4 Å². The van der Waals surface area contributed by atoms with E-state index in [-0.39, 0.29) is 5.91 Å². The Morgan fingerprint density at radius 2 is 1.90 bits per heavy atom. The van der Waals surface area contributed by atoms with E-state index in [1.165, 1.54) is 19.3 Å². The highest BCUT2D eigenvalue weighted by molar-refractivity contribution is 5.94. The molecule has 0 saturated carbocycles. The molecule has 20 heavy (non-hydrogen) atoms. The SMILES string of the molecule is Cc1ccc(C(=O)NCC(O)CN2CCCCC2)cc1. The molecule has 1 aromatic rings. The van der Waals surface area contributed by atoms with Crippen molar-refractivity contribution in [2.75, 3.05) is 26.2 Å². The minimum absolute atomic E-state index is 0.123. The molecule has 4 nitrogen and oxygen atoms in total. The molecule has 0 spiro atoms. The van der Waals surface area contributed by atoms with Crippen LogP contribution < -0.4 is 5.32 Å². The van der Waals surface area contributed by atoms with Crippen molar-refractivity contribution in [3.8, 4) is 0 Å². The molecule has 1 saturated heterocycles. The lowest BCUT2D eigenvalue weighted by Crippen LogP contribution is -2.42. The molecule has 1 aliphatic rings. The maximum Gasteiger partial charge on any atom is 0.251 e. The molecule has 110 valence electrons. The molecule has 1 amide bonds. The van der Waals surface area contributed by atoms with Crippen molar-refractivity contribution in [3.63, 3.8) is 0 Å². The molecule has 1 aromatic carbocycles. The van der Waals surface area contributed by atoms with Crippen LogP contribution in [0.5, 0.6) is 0 Å². The lowest BCUT2D eigenvalue weighted by Gasteiger charge is -2.28. The summed E-state index contributed by atoms with van der Waals surface area (Å²) in [5, 5.41) is 12.8. The number of aryl methyl sites for hydroxylation is 1. The third kappa shape index (κ3) is 4.62. The number of β-amino-alcohol motifs (C(OH)–C–C–N with tert-alkyl or cyclic N) is 1. The minimum atomic E-state index is -0.498. The standard InChI is InChI=1S/C16H24N2O2/c1-13-5-7-14(8-6-13)16(20)17-11-15(19)12-18-9-3-2-4-10-18/h5-8,15,19H,2-4,9-12H2,1H3,(H,17,20). The molecule has 0 radical (unpaired) electrons.